The van der Waals surface area contributed by atoms with E-state index in [1.807, 2.05) is 13.0 Å². The maximum Gasteiger partial charge on any atom is 0.262 e. The quantitative estimate of drug-likeness (QED) is 0.516. The number of amides is 1. The maximum absolute atomic E-state index is 12.8. The molecule has 0 atom stereocenters. The molecule has 0 radical (unpaired) electrons. The Hall–Kier alpha value is -3.52. The first kappa shape index (κ1) is 21.2. The summed E-state index contributed by atoms with van der Waals surface area (Å²) in [5, 5.41) is 12.7. The molecular formula is C22H22N2O5S. The van der Waals surface area contributed by atoms with Crippen molar-refractivity contribution in [3.05, 3.63) is 77.4 Å². The second-order valence-electron chi connectivity index (χ2n) is 6.76. The number of hydrogen-bond donors (Lipinski definition) is 3. The molecule has 0 fully saturated rings. The summed E-state index contributed by atoms with van der Waals surface area (Å²) in [6.07, 6.45) is 0. The van der Waals surface area contributed by atoms with E-state index in [2.05, 4.69) is 10.0 Å². The van der Waals surface area contributed by atoms with E-state index in [0.29, 0.717) is 11.3 Å². The molecule has 0 saturated heterocycles. The van der Waals surface area contributed by atoms with Crippen LogP contribution in [-0.4, -0.2) is 26.5 Å². The smallest absolute Gasteiger partial charge is 0.262 e. The number of rotatable bonds is 6. The average Bonchev–Trinajstić information content (AvgIpc) is 2.69. The second kappa shape index (κ2) is 8.46. The summed E-state index contributed by atoms with van der Waals surface area (Å²) in [5.41, 5.74) is 2.48. The zero-order valence-electron chi connectivity index (χ0n) is 16.8. The molecule has 0 aliphatic rings. The molecule has 0 bridgehead atoms. The van der Waals surface area contributed by atoms with E-state index in [0.717, 1.165) is 11.1 Å². The highest BCUT2D eigenvalue weighted by molar-refractivity contribution is 7.92. The fraction of sp³-hybridized carbons (Fsp3) is 0.136. The van der Waals surface area contributed by atoms with Crippen LogP contribution in [0.4, 0.5) is 11.4 Å². The fourth-order valence-corrected chi connectivity index (χ4v) is 4.07. The van der Waals surface area contributed by atoms with Gasteiger partial charge >= 0.3 is 0 Å². The van der Waals surface area contributed by atoms with Crippen molar-refractivity contribution in [2.24, 2.45) is 0 Å². The number of phenolic OH excluding ortho intramolecular Hbond substituents is 1. The van der Waals surface area contributed by atoms with Crippen LogP contribution in [0.5, 0.6) is 11.5 Å². The number of hydrogen-bond acceptors (Lipinski definition) is 5. The molecule has 30 heavy (non-hydrogen) atoms. The minimum atomic E-state index is -3.99. The monoisotopic (exact) mass is 426 g/mol. The van der Waals surface area contributed by atoms with Crippen LogP contribution in [0.3, 0.4) is 0 Å². The predicted molar refractivity (Wildman–Crippen MR) is 116 cm³/mol. The third-order valence-electron chi connectivity index (χ3n) is 4.50. The predicted octanol–water partition coefficient (Wildman–Crippen LogP) is 4.07. The molecule has 0 heterocycles. The van der Waals surface area contributed by atoms with Crippen LogP contribution in [0.2, 0.25) is 0 Å². The largest absolute Gasteiger partial charge is 0.506 e. The van der Waals surface area contributed by atoms with E-state index < -0.39 is 15.9 Å². The van der Waals surface area contributed by atoms with Crippen LogP contribution in [0.15, 0.2) is 65.6 Å². The summed E-state index contributed by atoms with van der Waals surface area (Å²) >= 11 is 0. The number of carbonyl (C=O) groups is 1. The SMILES string of the molecule is COc1ccccc1NS(=O)(=O)c1ccc(O)c(NC(=O)c2ccc(C)cc2C)c1. The van der Waals surface area contributed by atoms with Crippen molar-refractivity contribution in [3.63, 3.8) is 0 Å². The van der Waals surface area contributed by atoms with E-state index >= 15 is 0 Å². The molecule has 3 N–H and O–H groups in total. The van der Waals surface area contributed by atoms with Gasteiger partial charge in [0.05, 0.1) is 23.4 Å². The highest BCUT2D eigenvalue weighted by Gasteiger charge is 2.19. The van der Waals surface area contributed by atoms with Gasteiger partial charge in [0.15, 0.2) is 0 Å². The van der Waals surface area contributed by atoms with Crippen LogP contribution in [0.1, 0.15) is 21.5 Å². The van der Waals surface area contributed by atoms with Crippen LogP contribution < -0.4 is 14.8 Å². The number of carbonyl (C=O) groups excluding carboxylic acids is 1. The molecule has 3 aromatic carbocycles. The Balaban J connectivity index is 1.90. The van der Waals surface area contributed by atoms with Gasteiger partial charge < -0.3 is 15.2 Å². The highest BCUT2D eigenvalue weighted by Crippen LogP contribution is 2.30. The Morgan fingerprint density at radius 2 is 1.70 bits per heavy atom. The van der Waals surface area contributed by atoms with Crippen molar-refractivity contribution in [3.8, 4) is 11.5 Å². The number of methoxy groups -OCH3 is 1. The van der Waals surface area contributed by atoms with Gasteiger partial charge in [-0.3, -0.25) is 9.52 Å². The van der Waals surface area contributed by atoms with Gasteiger partial charge in [0.1, 0.15) is 11.5 Å². The van der Waals surface area contributed by atoms with Crippen LogP contribution in [0.25, 0.3) is 0 Å². The normalized spacial score (nSPS) is 11.0. The summed E-state index contributed by atoms with van der Waals surface area (Å²) in [4.78, 5) is 12.5. The van der Waals surface area contributed by atoms with Gasteiger partial charge in [-0.2, -0.15) is 0 Å². The lowest BCUT2D eigenvalue weighted by molar-refractivity contribution is 0.102. The molecule has 0 saturated carbocycles. The Kier molecular flexibility index (Phi) is 5.98. The van der Waals surface area contributed by atoms with E-state index in [1.165, 1.54) is 25.3 Å². The molecule has 3 rings (SSSR count). The lowest BCUT2D eigenvalue weighted by Crippen LogP contribution is -2.16. The first-order chi connectivity index (χ1) is 14.2. The first-order valence-electron chi connectivity index (χ1n) is 9.09. The minimum Gasteiger partial charge on any atom is -0.506 e. The van der Waals surface area contributed by atoms with E-state index in [9.17, 15) is 18.3 Å². The zero-order valence-corrected chi connectivity index (χ0v) is 17.6. The Morgan fingerprint density at radius 1 is 0.967 bits per heavy atom. The summed E-state index contributed by atoms with van der Waals surface area (Å²) in [7, 11) is -2.55. The molecule has 3 aromatic rings. The third-order valence-corrected chi connectivity index (χ3v) is 5.87. The number of benzene rings is 3. The molecule has 7 nitrogen and oxygen atoms in total. The number of sulfonamides is 1. The number of anilines is 2. The molecule has 156 valence electrons. The number of phenols is 1. The Bertz CT molecular complexity index is 1210. The fourth-order valence-electron chi connectivity index (χ4n) is 2.97. The molecule has 1 amide bonds. The van der Waals surface area contributed by atoms with Gasteiger partial charge in [-0.05, 0) is 55.8 Å². The maximum atomic E-state index is 12.8. The van der Waals surface area contributed by atoms with Crippen molar-refractivity contribution >= 4 is 27.3 Å². The molecule has 0 aromatic heterocycles. The Morgan fingerprint density at radius 3 is 2.40 bits per heavy atom. The van der Waals surface area contributed by atoms with Crippen LogP contribution in [-0.2, 0) is 10.0 Å². The summed E-state index contributed by atoms with van der Waals surface area (Å²) in [5.74, 6) is -0.331. The minimum absolute atomic E-state index is 0.0112. The van der Waals surface area contributed by atoms with E-state index in [4.69, 9.17) is 4.74 Å². The van der Waals surface area contributed by atoms with Gasteiger partial charge in [-0.15, -0.1) is 0 Å². The molecular weight excluding hydrogens is 404 g/mol. The molecule has 0 aliphatic heterocycles. The number of para-hydroxylation sites is 2. The van der Waals surface area contributed by atoms with Crippen LogP contribution >= 0.6 is 0 Å². The van der Waals surface area contributed by atoms with Crippen molar-refractivity contribution < 1.29 is 23.1 Å². The van der Waals surface area contributed by atoms with Crippen LogP contribution in [0, 0.1) is 13.8 Å². The lowest BCUT2D eigenvalue weighted by Gasteiger charge is -2.14. The third kappa shape index (κ3) is 4.55. The zero-order chi connectivity index (χ0) is 21.9. The lowest BCUT2D eigenvalue weighted by atomic mass is 10.1. The first-order valence-corrected chi connectivity index (χ1v) is 10.6. The molecule has 0 spiro atoms. The van der Waals surface area contributed by atoms with Gasteiger partial charge in [0, 0.05) is 5.56 Å². The number of aryl methyl sites for hydroxylation is 2. The summed E-state index contributed by atoms with van der Waals surface area (Å²) in [6, 6.07) is 15.6. The average molecular weight is 426 g/mol. The Labute approximate surface area is 175 Å². The highest BCUT2D eigenvalue weighted by atomic mass is 32.2. The van der Waals surface area contributed by atoms with Crippen molar-refractivity contribution in [1.82, 2.24) is 0 Å². The molecule has 0 unspecified atom stereocenters. The van der Waals surface area contributed by atoms with Crippen molar-refractivity contribution in [1.29, 1.82) is 0 Å². The summed E-state index contributed by atoms with van der Waals surface area (Å²) in [6.45, 7) is 3.73. The van der Waals surface area contributed by atoms with E-state index in [-0.39, 0.29) is 22.0 Å². The number of aromatic hydroxyl groups is 1. The van der Waals surface area contributed by atoms with Gasteiger partial charge in [-0.1, -0.05) is 29.8 Å². The van der Waals surface area contributed by atoms with Gasteiger partial charge in [0.25, 0.3) is 15.9 Å². The number of ether oxygens (including phenoxy) is 1. The van der Waals surface area contributed by atoms with Crippen molar-refractivity contribution in [2.75, 3.05) is 17.1 Å². The topological polar surface area (TPSA) is 105 Å². The number of nitrogens with one attached hydrogen (secondary N) is 2. The molecule has 0 aliphatic carbocycles. The second-order valence-corrected chi connectivity index (χ2v) is 8.44. The van der Waals surface area contributed by atoms with Crippen molar-refractivity contribution in [2.45, 2.75) is 18.7 Å². The van der Waals surface area contributed by atoms with Gasteiger partial charge in [-0.25, -0.2) is 8.42 Å². The van der Waals surface area contributed by atoms with E-state index in [1.54, 1.807) is 43.3 Å². The van der Waals surface area contributed by atoms with Gasteiger partial charge in [0.2, 0.25) is 0 Å². The summed E-state index contributed by atoms with van der Waals surface area (Å²) < 4.78 is 33.3. The molecule has 8 heteroatoms. The standard InChI is InChI=1S/C22H22N2O5S/c1-14-8-10-17(15(2)12-14)22(26)23-19-13-16(9-11-20(19)25)30(27,28)24-18-6-4-5-7-21(18)29-3/h4-13,24-25H,1-3H3,(H,23,26).